The summed E-state index contributed by atoms with van der Waals surface area (Å²) >= 11 is 0. The highest BCUT2D eigenvalue weighted by molar-refractivity contribution is 5.98. The van der Waals surface area contributed by atoms with Gasteiger partial charge < -0.3 is 14.5 Å². The molecule has 1 amide bonds. The van der Waals surface area contributed by atoms with Crippen LogP contribution in [0.25, 0.3) is 0 Å². The van der Waals surface area contributed by atoms with Crippen LogP contribution in [-0.2, 0) is 6.54 Å². The number of aromatic nitrogens is 1. The van der Waals surface area contributed by atoms with Crippen LogP contribution in [0.5, 0.6) is 5.75 Å². The van der Waals surface area contributed by atoms with Crippen LogP contribution in [0.4, 0.5) is 10.2 Å². The van der Waals surface area contributed by atoms with E-state index in [1.165, 1.54) is 0 Å². The second-order valence-electron chi connectivity index (χ2n) is 7.00. The number of anilines is 1. The van der Waals surface area contributed by atoms with Gasteiger partial charge in [0.15, 0.2) is 6.17 Å². The van der Waals surface area contributed by atoms with Gasteiger partial charge in [-0.15, -0.1) is 0 Å². The molecule has 1 saturated heterocycles. The summed E-state index contributed by atoms with van der Waals surface area (Å²) in [7, 11) is 1.77. The number of pyridine rings is 1. The summed E-state index contributed by atoms with van der Waals surface area (Å²) in [5.41, 5.74) is 2.34. The van der Waals surface area contributed by atoms with Gasteiger partial charge in [-0.05, 0) is 30.7 Å². The van der Waals surface area contributed by atoms with Crippen LogP contribution in [-0.4, -0.2) is 48.2 Å². The van der Waals surface area contributed by atoms with E-state index in [-0.39, 0.29) is 12.5 Å². The Bertz CT molecular complexity index is 827. The summed E-state index contributed by atoms with van der Waals surface area (Å²) in [5.74, 6) is 1.47. The number of carbonyl (C=O) groups excluding carboxylic acids is 1. The Kier molecular flexibility index (Phi) is 4.26. The van der Waals surface area contributed by atoms with Gasteiger partial charge in [-0.2, -0.15) is 0 Å². The number of halogens is 1. The third kappa shape index (κ3) is 3.00. The molecular formula is C20H22FN3O2. The molecule has 3 heterocycles. The van der Waals surface area contributed by atoms with Crippen LogP contribution in [0.15, 0.2) is 36.4 Å². The molecule has 2 atom stereocenters. The number of hydrogen-bond donors (Lipinski definition) is 0. The zero-order valence-corrected chi connectivity index (χ0v) is 15.0. The van der Waals surface area contributed by atoms with E-state index in [0.29, 0.717) is 30.8 Å². The van der Waals surface area contributed by atoms with E-state index < -0.39 is 12.3 Å². The molecule has 2 aromatic rings. The normalized spacial score (nSPS) is 22.5. The summed E-state index contributed by atoms with van der Waals surface area (Å²) in [5, 5.41) is 0. The fourth-order valence-electron chi connectivity index (χ4n) is 3.65. The van der Waals surface area contributed by atoms with E-state index >= 15 is 0 Å². The van der Waals surface area contributed by atoms with E-state index in [0.717, 1.165) is 17.1 Å². The number of piperidine rings is 1. The van der Waals surface area contributed by atoms with Gasteiger partial charge in [-0.1, -0.05) is 18.2 Å². The minimum Gasteiger partial charge on any atom is -0.487 e. The number of hydrogen-bond acceptors (Lipinski definition) is 4. The first-order valence-electron chi connectivity index (χ1n) is 8.89. The van der Waals surface area contributed by atoms with Crippen molar-refractivity contribution < 1.29 is 13.9 Å². The van der Waals surface area contributed by atoms with Crippen LogP contribution in [0.2, 0.25) is 0 Å². The molecule has 1 unspecified atom stereocenters. The molecule has 0 aliphatic carbocycles. The molecule has 1 fully saturated rings. The SMILES string of the molecule is Cc1cc2c(nc1N1CCC(Oc3ccccc3)[C@@H](F)C1)CN(C)C2=O. The van der Waals surface area contributed by atoms with Crippen molar-refractivity contribution in [2.75, 3.05) is 25.0 Å². The molecule has 0 bridgehead atoms. The second kappa shape index (κ2) is 6.59. The van der Waals surface area contributed by atoms with Crippen molar-refractivity contribution in [1.29, 1.82) is 0 Å². The van der Waals surface area contributed by atoms with Gasteiger partial charge in [0, 0.05) is 20.0 Å². The molecule has 0 N–H and O–H groups in total. The van der Waals surface area contributed by atoms with E-state index in [1.54, 1.807) is 11.9 Å². The third-order valence-corrected chi connectivity index (χ3v) is 5.04. The Hall–Kier alpha value is -2.63. The topological polar surface area (TPSA) is 45.7 Å². The summed E-state index contributed by atoms with van der Waals surface area (Å²) in [6.45, 7) is 3.35. The lowest BCUT2D eigenvalue weighted by Gasteiger charge is -2.36. The zero-order chi connectivity index (χ0) is 18.3. The summed E-state index contributed by atoms with van der Waals surface area (Å²) < 4.78 is 20.6. The van der Waals surface area contributed by atoms with Crippen molar-refractivity contribution in [2.45, 2.75) is 32.2 Å². The van der Waals surface area contributed by atoms with Gasteiger partial charge in [-0.25, -0.2) is 9.37 Å². The molecule has 6 heteroatoms. The predicted molar refractivity (Wildman–Crippen MR) is 97.4 cm³/mol. The Morgan fingerprint density at radius 2 is 2.04 bits per heavy atom. The van der Waals surface area contributed by atoms with Gasteiger partial charge in [0.25, 0.3) is 5.91 Å². The Balaban J connectivity index is 1.49. The monoisotopic (exact) mass is 355 g/mol. The predicted octanol–water partition coefficient (Wildman–Crippen LogP) is 2.97. The van der Waals surface area contributed by atoms with E-state index in [2.05, 4.69) is 4.98 Å². The van der Waals surface area contributed by atoms with Gasteiger partial charge >= 0.3 is 0 Å². The maximum atomic E-state index is 14.7. The molecule has 0 spiro atoms. The van der Waals surface area contributed by atoms with Crippen LogP contribution in [0, 0.1) is 6.92 Å². The van der Waals surface area contributed by atoms with Crippen molar-refractivity contribution in [3.8, 4) is 5.75 Å². The number of ether oxygens (including phenoxy) is 1. The fourth-order valence-corrected chi connectivity index (χ4v) is 3.65. The Morgan fingerprint density at radius 1 is 1.27 bits per heavy atom. The molecule has 0 saturated carbocycles. The molecule has 5 nitrogen and oxygen atoms in total. The molecule has 26 heavy (non-hydrogen) atoms. The van der Waals surface area contributed by atoms with Crippen LogP contribution in [0.1, 0.15) is 28.0 Å². The first kappa shape index (κ1) is 16.8. The lowest BCUT2D eigenvalue weighted by atomic mass is 10.0. The number of amides is 1. The minimum atomic E-state index is -1.09. The standard InChI is InChI=1S/C20H22FN3O2/c1-13-10-15-17(12-23(2)20(15)25)22-19(13)24-9-8-18(16(21)11-24)26-14-6-4-3-5-7-14/h3-7,10,16,18H,8-9,11-12H2,1-2H3/t16-,18?/m0/s1. The molecule has 2 aliphatic heterocycles. The summed E-state index contributed by atoms with van der Waals surface area (Å²) in [6, 6.07) is 11.2. The fraction of sp³-hybridized carbons (Fsp3) is 0.400. The third-order valence-electron chi connectivity index (χ3n) is 5.04. The van der Waals surface area contributed by atoms with E-state index in [9.17, 15) is 9.18 Å². The first-order valence-corrected chi connectivity index (χ1v) is 8.89. The number of aryl methyl sites for hydroxylation is 1. The number of fused-ring (bicyclic) bond motifs is 1. The molecule has 1 aromatic heterocycles. The lowest BCUT2D eigenvalue weighted by molar-refractivity contribution is 0.0816. The van der Waals surface area contributed by atoms with Gasteiger partial charge in [0.2, 0.25) is 0 Å². The summed E-state index contributed by atoms with van der Waals surface area (Å²) in [6.07, 6.45) is -0.952. The highest BCUT2D eigenvalue weighted by Gasteiger charge is 2.33. The molecular weight excluding hydrogens is 333 g/mol. The number of alkyl halides is 1. The van der Waals surface area contributed by atoms with Crippen LogP contribution in [0.3, 0.4) is 0 Å². The van der Waals surface area contributed by atoms with E-state index in [4.69, 9.17) is 4.74 Å². The number of para-hydroxylation sites is 1. The molecule has 4 rings (SSSR count). The van der Waals surface area contributed by atoms with Crippen molar-refractivity contribution in [3.63, 3.8) is 0 Å². The van der Waals surface area contributed by atoms with E-state index in [1.807, 2.05) is 48.2 Å². The quantitative estimate of drug-likeness (QED) is 0.849. The van der Waals surface area contributed by atoms with Crippen molar-refractivity contribution in [3.05, 3.63) is 53.2 Å². The largest absolute Gasteiger partial charge is 0.487 e. The molecule has 2 aliphatic rings. The smallest absolute Gasteiger partial charge is 0.255 e. The number of rotatable bonds is 3. The zero-order valence-electron chi connectivity index (χ0n) is 15.0. The minimum absolute atomic E-state index is 0.000451. The Labute approximate surface area is 152 Å². The second-order valence-corrected chi connectivity index (χ2v) is 7.00. The van der Waals surface area contributed by atoms with Gasteiger partial charge in [-0.3, -0.25) is 4.79 Å². The lowest BCUT2D eigenvalue weighted by Crippen LogP contribution is -2.47. The van der Waals surface area contributed by atoms with Crippen molar-refractivity contribution in [1.82, 2.24) is 9.88 Å². The van der Waals surface area contributed by atoms with Crippen LogP contribution >= 0.6 is 0 Å². The molecule has 136 valence electrons. The Morgan fingerprint density at radius 3 is 2.77 bits per heavy atom. The average molecular weight is 355 g/mol. The highest BCUT2D eigenvalue weighted by Crippen LogP contribution is 2.30. The average Bonchev–Trinajstić information content (AvgIpc) is 2.91. The highest BCUT2D eigenvalue weighted by atomic mass is 19.1. The van der Waals surface area contributed by atoms with Crippen LogP contribution < -0.4 is 9.64 Å². The maximum Gasteiger partial charge on any atom is 0.255 e. The van der Waals surface area contributed by atoms with Crippen molar-refractivity contribution in [2.24, 2.45) is 0 Å². The first-order chi connectivity index (χ1) is 12.5. The van der Waals surface area contributed by atoms with Gasteiger partial charge in [0.05, 0.1) is 24.3 Å². The number of benzene rings is 1. The maximum absolute atomic E-state index is 14.7. The number of carbonyl (C=O) groups is 1. The number of nitrogens with zero attached hydrogens (tertiary/aromatic N) is 3. The summed E-state index contributed by atoms with van der Waals surface area (Å²) in [4.78, 5) is 20.4. The molecule has 0 radical (unpaired) electrons. The van der Waals surface area contributed by atoms with Crippen molar-refractivity contribution >= 4 is 11.7 Å². The molecule has 1 aromatic carbocycles. The van der Waals surface area contributed by atoms with Gasteiger partial charge in [0.1, 0.15) is 17.7 Å².